The van der Waals surface area contributed by atoms with Crippen molar-refractivity contribution in [2.45, 2.75) is 6.61 Å². The van der Waals surface area contributed by atoms with Gasteiger partial charge in [-0.2, -0.15) is 10.5 Å². The van der Waals surface area contributed by atoms with Crippen LogP contribution >= 0.6 is 0 Å². The van der Waals surface area contributed by atoms with Crippen LogP contribution in [0.4, 0.5) is 8.78 Å². The molecule has 0 fully saturated rings. The molecule has 0 atom stereocenters. The standard InChI is InChI=1S/C15H8F2N2O2/c16-11-1-4-15(14(17)6-11)20-9-13-3-2-12(21-13)5-10(7-18)8-19/h1-6H,9H2. The highest BCUT2D eigenvalue weighted by atomic mass is 19.1. The van der Waals surface area contributed by atoms with Crippen LogP contribution in [0.2, 0.25) is 0 Å². The second kappa shape index (κ2) is 6.36. The van der Waals surface area contributed by atoms with E-state index in [1.807, 2.05) is 0 Å². The summed E-state index contributed by atoms with van der Waals surface area (Å²) in [7, 11) is 0. The van der Waals surface area contributed by atoms with E-state index >= 15 is 0 Å². The van der Waals surface area contributed by atoms with Crippen molar-refractivity contribution in [1.82, 2.24) is 0 Å². The molecule has 0 amide bonds. The van der Waals surface area contributed by atoms with Crippen LogP contribution in [0.25, 0.3) is 6.08 Å². The Morgan fingerprint density at radius 1 is 1.19 bits per heavy atom. The first-order chi connectivity index (χ1) is 10.1. The largest absolute Gasteiger partial charge is 0.483 e. The van der Waals surface area contributed by atoms with Crippen LogP contribution in [0.1, 0.15) is 11.5 Å². The topological polar surface area (TPSA) is 70.0 Å². The molecule has 1 aromatic carbocycles. The fourth-order valence-electron chi connectivity index (χ4n) is 1.52. The van der Waals surface area contributed by atoms with E-state index in [1.165, 1.54) is 12.1 Å². The average molecular weight is 286 g/mol. The summed E-state index contributed by atoms with van der Waals surface area (Å²) in [5.74, 6) is -0.908. The lowest BCUT2D eigenvalue weighted by Crippen LogP contribution is -1.96. The lowest BCUT2D eigenvalue weighted by atomic mass is 10.3. The second-order valence-corrected chi connectivity index (χ2v) is 3.95. The minimum Gasteiger partial charge on any atom is -0.483 e. The number of hydrogen-bond acceptors (Lipinski definition) is 4. The van der Waals surface area contributed by atoms with E-state index in [2.05, 4.69) is 0 Å². The third kappa shape index (κ3) is 3.68. The highest BCUT2D eigenvalue weighted by Gasteiger charge is 2.07. The van der Waals surface area contributed by atoms with Gasteiger partial charge in [-0.15, -0.1) is 0 Å². The summed E-state index contributed by atoms with van der Waals surface area (Å²) in [5, 5.41) is 17.2. The van der Waals surface area contributed by atoms with Crippen LogP contribution in [0.15, 0.2) is 40.3 Å². The van der Waals surface area contributed by atoms with Gasteiger partial charge in [-0.1, -0.05) is 0 Å². The molecule has 0 saturated carbocycles. The summed E-state index contributed by atoms with van der Waals surface area (Å²) >= 11 is 0. The van der Waals surface area contributed by atoms with E-state index in [0.717, 1.165) is 12.1 Å². The molecule has 2 rings (SSSR count). The van der Waals surface area contributed by atoms with E-state index in [1.54, 1.807) is 24.3 Å². The third-order valence-electron chi connectivity index (χ3n) is 2.47. The average Bonchev–Trinajstić information content (AvgIpc) is 2.91. The molecule has 104 valence electrons. The highest BCUT2D eigenvalue weighted by Crippen LogP contribution is 2.20. The van der Waals surface area contributed by atoms with Gasteiger partial charge >= 0.3 is 0 Å². The molecule has 0 aliphatic carbocycles. The van der Waals surface area contributed by atoms with Crippen molar-refractivity contribution < 1.29 is 17.9 Å². The number of halogens is 2. The molecule has 2 aromatic rings. The van der Waals surface area contributed by atoms with Crippen molar-refractivity contribution in [2.24, 2.45) is 0 Å². The number of benzene rings is 1. The number of rotatable bonds is 4. The summed E-state index contributed by atoms with van der Waals surface area (Å²) in [6.45, 7) is -0.0646. The quantitative estimate of drug-likeness (QED) is 0.806. The van der Waals surface area contributed by atoms with Crippen LogP contribution in [-0.4, -0.2) is 0 Å². The van der Waals surface area contributed by atoms with E-state index in [4.69, 9.17) is 19.7 Å². The lowest BCUT2D eigenvalue weighted by Gasteiger charge is -2.05. The molecule has 0 N–H and O–H groups in total. The molecule has 0 bridgehead atoms. The van der Waals surface area contributed by atoms with Crippen LogP contribution in [0, 0.1) is 34.3 Å². The van der Waals surface area contributed by atoms with Gasteiger partial charge in [0.1, 0.15) is 41.7 Å². The molecule has 0 aliphatic rings. The van der Waals surface area contributed by atoms with Gasteiger partial charge in [-0.3, -0.25) is 0 Å². The molecule has 0 unspecified atom stereocenters. The van der Waals surface area contributed by atoms with Gasteiger partial charge in [0.05, 0.1) is 0 Å². The molecule has 0 aliphatic heterocycles. The Bertz CT molecular complexity index is 751. The molecule has 0 radical (unpaired) electrons. The fraction of sp³-hybridized carbons (Fsp3) is 0.0667. The molecule has 1 aromatic heterocycles. The maximum absolute atomic E-state index is 13.3. The maximum Gasteiger partial charge on any atom is 0.167 e. The van der Waals surface area contributed by atoms with Gasteiger partial charge < -0.3 is 9.15 Å². The summed E-state index contributed by atoms with van der Waals surface area (Å²) in [4.78, 5) is 0. The van der Waals surface area contributed by atoms with Crippen molar-refractivity contribution in [3.05, 3.63) is 59.1 Å². The molecule has 6 heteroatoms. The van der Waals surface area contributed by atoms with Crippen molar-refractivity contribution in [3.63, 3.8) is 0 Å². The van der Waals surface area contributed by atoms with E-state index in [9.17, 15) is 8.78 Å². The third-order valence-corrected chi connectivity index (χ3v) is 2.47. The Morgan fingerprint density at radius 3 is 2.62 bits per heavy atom. The second-order valence-electron chi connectivity index (χ2n) is 3.95. The highest BCUT2D eigenvalue weighted by molar-refractivity contribution is 5.58. The van der Waals surface area contributed by atoms with Gasteiger partial charge in [0.25, 0.3) is 0 Å². The van der Waals surface area contributed by atoms with Gasteiger partial charge in [-0.25, -0.2) is 8.78 Å². The summed E-state index contributed by atoms with van der Waals surface area (Å²) in [5.41, 5.74) is -0.0959. The zero-order valence-corrected chi connectivity index (χ0v) is 10.6. The molecule has 21 heavy (non-hydrogen) atoms. The van der Waals surface area contributed by atoms with Gasteiger partial charge in [0.15, 0.2) is 11.6 Å². The van der Waals surface area contributed by atoms with Crippen LogP contribution in [0.3, 0.4) is 0 Å². The van der Waals surface area contributed by atoms with E-state index in [-0.39, 0.29) is 17.9 Å². The number of furan rings is 1. The lowest BCUT2D eigenvalue weighted by molar-refractivity contribution is 0.257. The number of allylic oxidation sites excluding steroid dienone is 1. The smallest absolute Gasteiger partial charge is 0.167 e. The van der Waals surface area contributed by atoms with Crippen molar-refractivity contribution in [1.29, 1.82) is 10.5 Å². The Morgan fingerprint density at radius 2 is 1.95 bits per heavy atom. The number of hydrogen-bond donors (Lipinski definition) is 0. The first-order valence-electron chi connectivity index (χ1n) is 5.81. The van der Waals surface area contributed by atoms with Crippen molar-refractivity contribution in [2.75, 3.05) is 0 Å². The van der Waals surface area contributed by atoms with Crippen molar-refractivity contribution in [3.8, 4) is 17.9 Å². The normalized spacial score (nSPS) is 9.52. The van der Waals surface area contributed by atoms with Crippen LogP contribution in [-0.2, 0) is 6.61 Å². The first kappa shape index (κ1) is 14.3. The first-order valence-corrected chi connectivity index (χ1v) is 5.81. The van der Waals surface area contributed by atoms with Gasteiger partial charge in [0.2, 0.25) is 0 Å². The van der Waals surface area contributed by atoms with Gasteiger partial charge in [0, 0.05) is 12.1 Å². The molecule has 1 heterocycles. The predicted molar refractivity (Wildman–Crippen MR) is 68.6 cm³/mol. The Balaban J connectivity index is 2.05. The SMILES string of the molecule is N#CC(C#N)=Cc1ccc(COc2ccc(F)cc2F)o1. The summed E-state index contributed by atoms with van der Waals surface area (Å²) < 4.78 is 36.5. The number of nitrogens with zero attached hydrogens (tertiary/aromatic N) is 2. The maximum atomic E-state index is 13.3. The molecular formula is C15H8F2N2O2. The monoisotopic (exact) mass is 286 g/mol. The summed E-state index contributed by atoms with van der Waals surface area (Å²) in [6, 6.07) is 9.51. The fourth-order valence-corrected chi connectivity index (χ4v) is 1.52. The van der Waals surface area contributed by atoms with Crippen LogP contribution in [0.5, 0.6) is 5.75 Å². The van der Waals surface area contributed by atoms with Gasteiger partial charge in [-0.05, 0) is 24.3 Å². The number of ether oxygens (including phenoxy) is 1. The zero-order chi connectivity index (χ0) is 15.2. The van der Waals surface area contributed by atoms with Crippen LogP contribution < -0.4 is 4.74 Å². The predicted octanol–water partition coefficient (Wildman–Crippen LogP) is 3.57. The van der Waals surface area contributed by atoms with E-state index in [0.29, 0.717) is 11.5 Å². The molecular weight excluding hydrogens is 278 g/mol. The summed E-state index contributed by atoms with van der Waals surface area (Å²) in [6.07, 6.45) is 1.28. The zero-order valence-electron chi connectivity index (χ0n) is 10.6. The van der Waals surface area contributed by atoms with E-state index < -0.39 is 11.6 Å². The minimum atomic E-state index is -0.807. The number of nitriles is 2. The molecule has 0 saturated heterocycles. The Hall–Kier alpha value is -3.12. The Kier molecular flexibility index (Phi) is 4.33. The van der Waals surface area contributed by atoms with Crippen molar-refractivity contribution >= 4 is 6.08 Å². The molecule has 0 spiro atoms. The molecule has 4 nitrogen and oxygen atoms in total. The Labute approximate surface area is 119 Å². The minimum absolute atomic E-state index is 0.0646.